The molecular formula is C34H52N4O8. The summed E-state index contributed by atoms with van der Waals surface area (Å²) in [5, 5.41) is 16.7. The standard InChI is InChI=1S/2C8H10N2O.2C8H12O3.2CH4/c2*1-10-6-8-3-2-7(11-8)4-5-9;2*9-5-3-7-1-2-8(11-7)4-6-10;;/h2*7-8H,2-4,6H2;2*5-8H,1-4H2;2*1H4/t7-,8+;7-,8-;7-,8+;7-,8-;;/m10.0../s1. The molecule has 8 atom stereocenters. The molecule has 0 aromatic heterocycles. The molecule has 4 fully saturated rings. The highest BCUT2D eigenvalue weighted by Gasteiger charge is 2.28. The van der Waals surface area contributed by atoms with E-state index in [1.54, 1.807) is 0 Å². The second-order valence-electron chi connectivity index (χ2n) is 10.8. The number of carbonyl (C=O) groups excluding carboxylic acids is 4. The lowest BCUT2D eigenvalue weighted by Crippen LogP contribution is -2.12. The highest BCUT2D eigenvalue weighted by molar-refractivity contribution is 5.52. The Morgan fingerprint density at radius 1 is 0.500 bits per heavy atom. The van der Waals surface area contributed by atoms with Crippen molar-refractivity contribution in [3.8, 4) is 12.1 Å². The Balaban J connectivity index is 0. The Bertz CT molecular complexity index is 859. The summed E-state index contributed by atoms with van der Waals surface area (Å²) in [6, 6.07) is 4.14. The highest BCUT2D eigenvalue weighted by Crippen LogP contribution is 2.24. The third-order valence-corrected chi connectivity index (χ3v) is 7.45. The van der Waals surface area contributed by atoms with Crippen LogP contribution in [0, 0.1) is 35.8 Å². The van der Waals surface area contributed by atoms with Gasteiger partial charge in [0.2, 0.25) is 13.1 Å². The number of aldehydes is 4. The fourth-order valence-electron chi connectivity index (χ4n) is 5.22. The molecule has 0 aromatic rings. The Morgan fingerprint density at radius 3 is 0.978 bits per heavy atom. The van der Waals surface area contributed by atoms with Gasteiger partial charge in [-0.25, -0.2) is 13.1 Å². The van der Waals surface area contributed by atoms with Gasteiger partial charge in [0.15, 0.2) is 0 Å². The smallest absolute Gasteiger partial charge is 0.240 e. The van der Waals surface area contributed by atoms with Crippen LogP contribution in [-0.2, 0) is 38.1 Å². The van der Waals surface area contributed by atoms with Gasteiger partial charge in [0.05, 0.1) is 61.6 Å². The van der Waals surface area contributed by atoms with Crippen molar-refractivity contribution < 1.29 is 38.1 Å². The van der Waals surface area contributed by atoms with Gasteiger partial charge in [-0.2, -0.15) is 10.5 Å². The zero-order valence-corrected chi connectivity index (χ0v) is 25.3. The van der Waals surface area contributed by atoms with E-state index in [2.05, 4.69) is 21.8 Å². The molecule has 256 valence electrons. The number of nitriles is 2. The van der Waals surface area contributed by atoms with Crippen LogP contribution >= 0.6 is 0 Å². The monoisotopic (exact) mass is 644 g/mol. The van der Waals surface area contributed by atoms with Gasteiger partial charge in [-0.3, -0.25) is 0 Å². The molecule has 4 aliphatic heterocycles. The molecule has 0 N–H and O–H groups in total. The van der Waals surface area contributed by atoms with E-state index < -0.39 is 0 Å². The molecule has 46 heavy (non-hydrogen) atoms. The molecule has 4 saturated heterocycles. The molecule has 0 spiro atoms. The van der Waals surface area contributed by atoms with Crippen molar-refractivity contribution in [3.63, 3.8) is 0 Å². The van der Waals surface area contributed by atoms with Gasteiger partial charge in [0.1, 0.15) is 37.4 Å². The first-order chi connectivity index (χ1) is 21.5. The quantitative estimate of drug-likeness (QED) is 0.198. The predicted octanol–water partition coefficient (Wildman–Crippen LogP) is 5.43. The Labute approximate surface area is 275 Å². The third kappa shape index (κ3) is 19.8. The second kappa shape index (κ2) is 28.9. The van der Waals surface area contributed by atoms with Crippen LogP contribution in [0.3, 0.4) is 0 Å². The second-order valence-corrected chi connectivity index (χ2v) is 10.8. The summed E-state index contributed by atoms with van der Waals surface area (Å²) < 4.78 is 21.6. The van der Waals surface area contributed by atoms with Crippen LogP contribution in [0.1, 0.15) is 105 Å². The maximum absolute atomic E-state index is 10.1. The summed E-state index contributed by atoms with van der Waals surface area (Å²) in [7, 11) is 0. The van der Waals surface area contributed by atoms with E-state index in [4.69, 9.17) is 42.6 Å². The first kappa shape index (κ1) is 44.6. The number of hydrogen-bond acceptors (Lipinski definition) is 10. The molecule has 12 heteroatoms. The molecule has 4 heterocycles. The molecule has 0 aliphatic carbocycles. The molecule has 12 nitrogen and oxygen atoms in total. The van der Waals surface area contributed by atoms with Gasteiger partial charge < -0.3 is 47.8 Å². The average molecular weight is 645 g/mol. The summed E-state index contributed by atoms with van der Waals surface area (Å²) >= 11 is 0. The molecule has 0 bridgehead atoms. The molecule has 0 radical (unpaired) electrons. The number of nitrogens with zero attached hydrogens (tertiary/aromatic N) is 4. The van der Waals surface area contributed by atoms with Crippen molar-refractivity contribution in [2.45, 2.75) is 154 Å². The minimum atomic E-state index is 0. The van der Waals surface area contributed by atoms with E-state index in [-0.39, 0.29) is 63.7 Å². The van der Waals surface area contributed by atoms with E-state index in [0.29, 0.717) is 51.6 Å². The number of hydrogen-bond donors (Lipinski definition) is 0. The lowest BCUT2D eigenvalue weighted by atomic mass is 10.1. The van der Waals surface area contributed by atoms with E-state index in [1.807, 2.05) is 0 Å². The van der Waals surface area contributed by atoms with Crippen molar-refractivity contribution >= 4 is 25.1 Å². The number of rotatable bonds is 12. The third-order valence-electron chi connectivity index (χ3n) is 7.45. The van der Waals surface area contributed by atoms with Crippen LogP contribution in [0.25, 0.3) is 9.69 Å². The topological polar surface area (TPSA) is 162 Å². The van der Waals surface area contributed by atoms with Crippen molar-refractivity contribution in [1.82, 2.24) is 0 Å². The summed E-state index contributed by atoms with van der Waals surface area (Å²) in [5.74, 6) is 0. The summed E-state index contributed by atoms with van der Waals surface area (Å²) in [6.07, 6.45) is 14.3. The van der Waals surface area contributed by atoms with Gasteiger partial charge >= 0.3 is 0 Å². The van der Waals surface area contributed by atoms with Gasteiger partial charge in [0, 0.05) is 25.7 Å². The van der Waals surface area contributed by atoms with E-state index in [0.717, 1.165) is 76.5 Å². The summed E-state index contributed by atoms with van der Waals surface area (Å²) in [4.78, 5) is 46.8. The van der Waals surface area contributed by atoms with Crippen LogP contribution in [-0.4, -0.2) is 87.1 Å². The van der Waals surface area contributed by atoms with E-state index in [1.165, 1.54) is 0 Å². The maximum Gasteiger partial charge on any atom is 0.240 e. The van der Waals surface area contributed by atoms with Crippen LogP contribution in [0.15, 0.2) is 0 Å². The Hall–Kier alpha value is -3.52. The zero-order chi connectivity index (χ0) is 32.4. The molecule has 0 unspecified atom stereocenters. The zero-order valence-electron chi connectivity index (χ0n) is 25.3. The minimum absolute atomic E-state index is 0. The van der Waals surface area contributed by atoms with Crippen LogP contribution in [0.5, 0.6) is 0 Å². The summed E-state index contributed by atoms with van der Waals surface area (Å²) in [6.45, 7) is 14.1. The fraction of sp³-hybridized carbons (Fsp3) is 0.765. The van der Waals surface area contributed by atoms with E-state index in [9.17, 15) is 19.2 Å². The van der Waals surface area contributed by atoms with Crippen molar-refractivity contribution in [2.24, 2.45) is 0 Å². The van der Waals surface area contributed by atoms with Crippen LogP contribution in [0.4, 0.5) is 0 Å². The van der Waals surface area contributed by atoms with Crippen LogP contribution in [0.2, 0.25) is 0 Å². The Morgan fingerprint density at radius 2 is 0.739 bits per heavy atom. The SMILES string of the molecule is C.C.O=CC[C@@H]1CC[C@@H](CC=O)O1.O=CC[C@@H]1CC[C@H](CC=O)O1.[C-]#[N+]C[C@@H]1CC[C@@H](CC#N)O1.[C-]#[N+]C[C@@H]1CC[C@H](CC#N)O1. The first-order valence-electron chi connectivity index (χ1n) is 15.2. The lowest BCUT2D eigenvalue weighted by molar-refractivity contribution is -0.113. The van der Waals surface area contributed by atoms with E-state index >= 15 is 0 Å². The molecule has 0 aromatic carbocycles. The molecule has 4 rings (SSSR count). The van der Waals surface area contributed by atoms with Gasteiger partial charge in [0.25, 0.3) is 0 Å². The van der Waals surface area contributed by atoms with Gasteiger partial charge in [-0.1, -0.05) is 14.9 Å². The molecule has 0 amide bonds. The fourth-order valence-corrected chi connectivity index (χ4v) is 5.22. The molecular weight excluding hydrogens is 592 g/mol. The highest BCUT2D eigenvalue weighted by atomic mass is 16.5. The van der Waals surface area contributed by atoms with Gasteiger partial charge in [-0.05, 0) is 51.4 Å². The molecule has 4 aliphatic rings. The van der Waals surface area contributed by atoms with Gasteiger partial charge in [-0.15, -0.1) is 0 Å². The number of carbonyl (C=O) groups is 4. The van der Waals surface area contributed by atoms with Crippen LogP contribution < -0.4 is 0 Å². The maximum atomic E-state index is 10.1. The average Bonchev–Trinajstić information content (AvgIpc) is 3.82. The largest absolute Gasteiger partial charge is 0.374 e. The molecule has 0 saturated carbocycles. The lowest BCUT2D eigenvalue weighted by Gasteiger charge is -2.07. The van der Waals surface area contributed by atoms with Crippen molar-refractivity contribution in [3.05, 3.63) is 22.8 Å². The Kier molecular flexibility index (Phi) is 28.0. The van der Waals surface area contributed by atoms with Crippen molar-refractivity contribution in [1.29, 1.82) is 10.5 Å². The summed E-state index contributed by atoms with van der Waals surface area (Å²) in [5.41, 5.74) is 0. The van der Waals surface area contributed by atoms with Crippen molar-refractivity contribution in [2.75, 3.05) is 13.1 Å². The number of ether oxygens (including phenoxy) is 4. The first-order valence-corrected chi connectivity index (χ1v) is 15.2. The minimum Gasteiger partial charge on any atom is -0.374 e. The normalized spacial score (nSPS) is 28.4. The predicted molar refractivity (Wildman–Crippen MR) is 171 cm³/mol.